The Balaban J connectivity index is 1.91. The maximum Gasteiger partial charge on any atom is 0.0822 e. The van der Waals surface area contributed by atoms with Gasteiger partial charge in [0, 0.05) is 19.1 Å². The second kappa shape index (κ2) is 4.77. The van der Waals surface area contributed by atoms with E-state index in [1.54, 1.807) is 0 Å². The third-order valence-electron chi connectivity index (χ3n) is 3.15. The molecular weight excluding hydrogens is 186 g/mol. The molecule has 2 nitrogen and oxygen atoms in total. The van der Waals surface area contributed by atoms with Gasteiger partial charge in [-0.3, -0.25) is 4.90 Å². The first-order valence-corrected chi connectivity index (χ1v) is 5.77. The van der Waals surface area contributed by atoms with Crippen molar-refractivity contribution in [3.05, 3.63) is 35.9 Å². The molecule has 0 aromatic heterocycles. The predicted octanol–water partition coefficient (Wildman–Crippen LogP) is 2.03. The van der Waals surface area contributed by atoms with Crippen molar-refractivity contribution in [2.75, 3.05) is 6.54 Å². The normalized spacial score (nSPS) is 26.3. The van der Waals surface area contributed by atoms with E-state index >= 15 is 0 Å². The molecule has 2 atom stereocenters. The van der Waals surface area contributed by atoms with Crippen molar-refractivity contribution in [1.29, 1.82) is 0 Å². The van der Waals surface area contributed by atoms with Crippen molar-refractivity contribution in [2.24, 2.45) is 0 Å². The Kier molecular flexibility index (Phi) is 3.39. The lowest BCUT2D eigenvalue weighted by molar-refractivity contribution is -0.0698. The van der Waals surface area contributed by atoms with Crippen molar-refractivity contribution in [2.45, 2.75) is 38.5 Å². The first kappa shape index (κ1) is 10.7. The van der Waals surface area contributed by atoms with Gasteiger partial charge in [0.2, 0.25) is 0 Å². The van der Waals surface area contributed by atoms with E-state index in [-0.39, 0.29) is 6.10 Å². The summed E-state index contributed by atoms with van der Waals surface area (Å²) in [5.41, 5.74) is 1.34. The van der Waals surface area contributed by atoms with E-state index in [1.165, 1.54) is 5.56 Å². The van der Waals surface area contributed by atoms with E-state index in [9.17, 15) is 5.11 Å². The minimum absolute atomic E-state index is 0.103. The van der Waals surface area contributed by atoms with Crippen LogP contribution in [0.2, 0.25) is 0 Å². The van der Waals surface area contributed by atoms with Crippen LogP contribution in [0, 0.1) is 0 Å². The highest BCUT2D eigenvalue weighted by atomic mass is 16.3. The molecular formula is C13H19NO. The lowest BCUT2D eigenvalue weighted by Crippen LogP contribution is -2.59. The second-order valence-corrected chi connectivity index (χ2v) is 4.34. The summed E-state index contributed by atoms with van der Waals surface area (Å²) in [5, 5.41) is 9.65. The van der Waals surface area contributed by atoms with E-state index in [1.807, 2.05) is 6.07 Å². The standard InChI is InChI=1S/C13H19NO/c1-2-6-12-13(15)10-14(12)9-11-7-4-3-5-8-11/h3-5,7-8,12-13,15H,2,6,9-10H2,1H3/t12-,13+/m0/s1. The first-order chi connectivity index (χ1) is 7.31. The van der Waals surface area contributed by atoms with Crippen LogP contribution in [0.4, 0.5) is 0 Å². The second-order valence-electron chi connectivity index (χ2n) is 4.34. The average molecular weight is 205 g/mol. The third-order valence-corrected chi connectivity index (χ3v) is 3.15. The fourth-order valence-corrected chi connectivity index (χ4v) is 2.27. The lowest BCUT2D eigenvalue weighted by atomic mass is 9.94. The molecule has 1 saturated heterocycles. The Hall–Kier alpha value is -0.860. The largest absolute Gasteiger partial charge is 0.390 e. The quantitative estimate of drug-likeness (QED) is 0.813. The van der Waals surface area contributed by atoms with Gasteiger partial charge in [0.15, 0.2) is 0 Å². The maximum atomic E-state index is 9.65. The van der Waals surface area contributed by atoms with Gasteiger partial charge in [-0.25, -0.2) is 0 Å². The van der Waals surface area contributed by atoms with Crippen LogP contribution in [0.1, 0.15) is 25.3 Å². The van der Waals surface area contributed by atoms with Crippen LogP contribution in [-0.4, -0.2) is 28.7 Å². The molecule has 0 saturated carbocycles. The summed E-state index contributed by atoms with van der Waals surface area (Å²) in [4.78, 5) is 2.36. The highest BCUT2D eigenvalue weighted by molar-refractivity contribution is 5.15. The first-order valence-electron chi connectivity index (χ1n) is 5.77. The van der Waals surface area contributed by atoms with Gasteiger partial charge in [-0.2, -0.15) is 0 Å². The summed E-state index contributed by atoms with van der Waals surface area (Å²) < 4.78 is 0. The molecule has 0 unspecified atom stereocenters. The Labute approximate surface area is 91.5 Å². The molecule has 1 fully saturated rings. The van der Waals surface area contributed by atoms with Gasteiger partial charge in [0.1, 0.15) is 0 Å². The molecule has 1 N–H and O–H groups in total. The number of nitrogens with zero attached hydrogens (tertiary/aromatic N) is 1. The minimum atomic E-state index is -0.103. The number of rotatable bonds is 4. The van der Waals surface area contributed by atoms with E-state index < -0.39 is 0 Å². The van der Waals surface area contributed by atoms with E-state index in [0.717, 1.165) is 25.9 Å². The highest BCUT2D eigenvalue weighted by Gasteiger charge is 2.36. The Morgan fingerprint density at radius 2 is 2.07 bits per heavy atom. The number of hydrogen-bond acceptors (Lipinski definition) is 2. The number of aliphatic hydroxyl groups is 1. The zero-order chi connectivity index (χ0) is 10.7. The monoisotopic (exact) mass is 205 g/mol. The van der Waals surface area contributed by atoms with Crippen LogP contribution in [0.15, 0.2) is 30.3 Å². The van der Waals surface area contributed by atoms with Crippen LogP contribution in [-0.2, 0) is 6.54 Å². The van der Waals surface area contributed by atoms with E-state index in [0.29, 0.717) is 6.04 Å². The number of likely N-dealkylation sites (tertiary alicyclic amines) is 1. The summed E-state index contributed by atoms with van der Waals surface area (Å²) in [7, 11) is 0. The molecule has 1 heterocycles. The number of aliphatic hydroxyl groups excluding tert-OH is 1. The molecule has 2 rings (SSSR count). The SMILES string of the molecule is CCC[C@H]1[C@H](O)CN1Cc1ccccc1. The van der Waals surface area contributed by atoms with Gasteiger partial charge in [0.05, 0.1) is 6.10 Å². The summed E-state index contributed by atoms with van der Waals surface area (Å²) in [6.07, 6.45) is 2.15. The summed E-state index contributed by atoms with van der Waals surface area (Å²) in [6.45, 7) is 3.98. The molecule has 1 aromatic rings. The summed E-state index contributed by atoms with van der Waals surface area (Å²) >= 11 is 0. The van der Waals surface area contributed by atoms with Crippen LogP contribution in [0.25, 0.3) is 0 Å². The van der Waals surface area contributed by atoms with Crippen molar-refractivity contribution >= 4 is 0 Å². The number of β-amino-alcohol motifs (C(OH)–C–C–N with tert-alkyl or cyclic N) is 1. The Morgan fingerprint density at radius 3 is 2.67 bits per heavy atom. The van der Waals surface area contributed by atoms with Gasteiger partial charge in [-0.1, -0.05) is 43.7 Å². The Morgan fingerprint density at radius 1 is 1.33 bits per heavy atom. The molecule has 0 aliphatic carbocycles. The topological polar surface area (TPSA) is 23.5 Å². The molecule has 0 amide bonds. The van der Waals surface area contributed by atoms with Crippen molar-refractivity contribution in [3.8, 4) is 0 Å². The Bertz CT molecular complexity index is 299. The zero-order valence-electron chi connectivity index (χ0n) is 9.26. The van der Waals surface area contributed by atoms with Gasteiger partial charge in [0.25, 0.3) is 0 Å². The molecule has 1 aromatic carbocycles. The van der Waals surface area contributed by atoms with Gasteiger partial charge < -0.3 is 5.11 Å². The van der Waals surface area contributed by atoms with Crippen LogP contribution in [0.3, 0.4) is 0 Å². The predicted molar refractivity (Wildman–Crippen MR) is 61.6 cm³/mol. The molecule has 1 aliphatic heterocycles. The number of hydrogen-bond donors (Lipinski definition) is 1. The summed E-state index contributed by atoms with van der Waals surface area (Å²) in [6, 6.07) is 10.9. The number of benzene rings is 1. The van der Waals surface area contributed by atoms with Crippen LogP contribution < -0.4 is 0 Å². The fourth-order valence-electron chi connectivity index (χ4n) is 2.27. The van der Waals surface area contributed by atoms with Gasteiger partial charge in [-0.05, 0) is 12.0 Å². The highest BCUT2D eigenvalue weighted by Crippen LogP contribution is 2.24. The molecule has 2 heteroatoms. The van der Waals surface area contributed by atoms with Gasteiger partial charge in [-0.15, -0.1) is 0 Å². The van der Waals surface area contributed by atoms with Crippen molar-refractivity contribution < 1.29 is 5.11 Å². The van der Waals surface area contributed by atoms with Crippen LogP contribution >= 0.6 is 0 Å². The average Bonchev–Trinajstić information content (AvgIpc) is 2.27. The summed E-state index contributed by atoms with van der Waals surface area (Å²) in [5.74, 6) is 0. The molecule has 0 spiro atoms. The van der Waals surface area contributed by atoms with Gasteiger partial charge >= 0.3 is 0 Å². The van der Waals surface area contributed by atoms with E-state index in [2.05, 4.69) is 36.1 Å². The minimum Gasteiger partial charge on any atom is -0.390 e. The van der Waals surface area contributed by atoms with Crippen LogP contribution in [0.5, 0.6) is 0 Å². The molecule has 15 heavy (non-hydrogen) atoms. The maximum absolute atomic E-state index is 9.65. The smallest absolute Gasteiger partial charge is 0.0822 e. The van der Waals surface area contributed by atoms with Crippen molar-refractivity contribution in [1.82, 2.24) is 4.90 Å². The molecule has 82 valence electrons. The fraction of sp³-hybridized carbons (Fsp3) is 0.538. The van der Waals surface area contributed by atoms with Crippen molar-refractivity contribution in [3.63, 3.8) is 0 Å². The molecule has 0 bridgehead atoms. The lowest BCUT2D eigenvalue weighted by Gasteiger charge is -2.45. The molecule has 0 radical (unpaired) electrons. The third kappa shape index (κ3) is 2.39. The molecule has 1 aliphatic rings. The zero-order valence-corrected chi connectivity index (χ0v) is 9.26. The van der Waals surface area contributed by atoms with E-state index in [4.69, 9.17) is 0 Å².